The van der Waals surface area contributed by atoms with Crippen LogP contribution in [0.1, 0.15) is 24.5 Å². The van der Waals surface area contributed by atoms with E-state index in [2.05, 4.69) is 14.9 Å². The molecule has 0 radical (unpaired) electrons. The third-order valence-corrected chi connectivity index (χ3v) is 5.75. The van der Waals surface area contributed by atoms with E-state index in [-0.39, 0.29) is 16.7 Å². The number of anilines is 1. The average Bonchev–Trinajstić information content (AvgIpc) is 2.76. The van der Waals surface area contributed by atoms with Crippen molar-refractivity contribution >= 4 is 17.5 Å². The second kappa shape index (κ2) is 8.17. The Hall–Kier alpha value is -2.63. The Morgan fingerprint density at radius 3 is 2.32 bits per heavy atom. The van der Waals surface area contributed by atoms with Crippen molar-refractivity contribution in [3.8, 4) is 16.9 Å². The molecular weight excluding hydrogens is 374 g/mol. The number of piperidine rings is 1. The lowest BCUT2D eigenvalue weighted by molar-refractivity contribution is 0.0904. The fourth-order valence-electron chi connectivity index (χ4n) is 3.78. The predicted octanol–water partition coefficient (Wildman–Crippen LogP) is 4.45. The van der Waals surface area contributed by atoms with Crippen molar-refractivity contribution in [1.29, 1.82) is 0 Å². The van der Waals surface area contributed by atoms with Gasteiger partial charge in [0.1, 0.15) is 5.75 Å². The van der Waals surface area contributed by atoms with Crippen molar-refractivity contribution < 1.29 is 10.2 Å². The molecule has 0 saturated carbocycles. The highest BCUT2D eigenvalue weighted by molar-refractivity contribution is 6.34. The van der Waals surface area contributed by atoms with E-state index in [4.69, 9.17) is 11.6 Å². The molecule has 0 spiro atoms. The minimum absolute atomic E-state index is 0.0376. The number of benzene rings is 2. The van der Waals surface area contributed by atoms with Crippen molar-refractivity contribution in [2.75, 3.05) is 18.0 Å². The molecular formula is C22H22ClN3O2. The average molecular weight is 396 g/mol. The predicted molar refractivity (Wildman–Crippen MR) is 110 cm³/mol. The molecule has 4 rings (SSSR count). The second-order valence-corrected chi connectivity index (χ2v) is 7.43. The first-order valence-electron chi connectivity index (χ1n) is 9.42. The fourth-order valence-corrected chi connectivity index (χ4v) is 4.06. The second-order valence-electron chi connectivity index (χ2n) is 7.05. The molecule has 2 N–H and O–H groups in total. The van der Waals surface area contributed by atoms with Crippen LogP contribution in [0.15, 0.2) is 60.9 Å². The maximum Gasteiger partial charge on any atom is 0.225 e. The Bertz CT molecular complexity index is 929. The van der Waals surface area contributed by atoms with Gasteiger partial charge in [-0.15, -0.1) is 0 Å². The lowest BCUT2D eigenvalue weighted by atomic mass is 9.86. The molecule has 5 nitrogen and oxygen atoms in total. The Labute approximate surface area is 169 Å². The number of hydrogen-bond donors (Lipinski definition) is 2. The van der Waals surface area contributed by atoms with Gasteiger partial charge < -0.3 is 15.1 Å². The topological polar surface area (TPSA) is 69.5 Å². The minimum atomic E-state index is -0.763. The van der Waals surface area contributed by atoms with Crippen molar-refractivity contribution in [2.45, 2.75) is 18.9 Å². The summed E-state index contributed by atoms with van der Waals surface area (Å²) < 4.78 is 0. The van der Waals surface area contributed by atoms with Gasteiger partial charge >= 0.3 is 0 Å². The van der Waals surface area contributed by atoms with E-state index in [1.54, 1.807) is 24.5 Å². The summed E-state index contributed by atoms with van der Waals surface area (Å²) in [7, 11) is 0. The molecule has 1 fully saturated rings. The van der Waals surface area contributed by atoms with E-state index in [1.807, 2.05) is 36.4 Å². The van der Waals surface area contributed by atoms with Gasteiger partial charge in [-0.05, 0) is 30.4 Å². The molecule has 144 valence electrons. The van der Waals surface area contributed by atoms with Gasteiger partial charge in [0.05, 0.1) is 11.1 Å². The number of nitrogens with zero attached hydrogens (tertiary/aromatic N) is 3. The van der Waals surface area contributed by atoms with Crippen molar-refractivity contribution in [1.82, 2.24) is 9.97 Å². The van der Waals surface area contributed by atoms with Crippen LogP contribution in [0.2, 0.25) is 5.02 Å². The minimum Gasteiger partial charge on any atom is -0.506 e. The van der Waals surface area contributed by atoms with Crippen LogP contribution in [0.4, 0.5) is 5.95 Å². The summed E-state index contributed by atoms with van der Waals surface area (Å²) in [5, 5.41) is 21.8. The standard InChI is InChI=1S/C22H22ClN3O2/c23-19-17(15-5-2-1-3-6-15)7-8-18(21(19)28)20(27)16-9-13-26(14-10-16)22-24-11-4-12-25-22/h1-8,11-12,16,20,27-28H,9-10,13-14H2. The van der Waals surface area contributed by atoms with E-state index in [1.165, 1.54) is 0 Å². The van der Waals surface area contributed by atoms with Crippen LogP contribution in [0, 0.1) is 5.92 Å². The van der Waals surface area contributed by atoms with Crippen LogP contribution in [0.3, 0.4) is 0 Å². The lowest BCUT2D eigenvalue weighted by Crippen LogP contribution is -2.36. The monoisotopic (exact) mass is 395 g/mol. The maximum absolute atomic E-state index is 10.9. The molecule has 0 aliphatic carbocycles. The molecule has 1 aromatic heterocycles. The zero-order valence-electron chi connectivity index (χ0n) is 15.4. The van der Waals surface area contributed by atoms with Crippen LogP contribution in [-0.2, 0) is 0 Å². The number of phenols is 1. The van der Waals surface area contributed by atoms with Gasteiger partial charge in [0.2, 0.25) is 5.95 Å². The van der Waals surface area contributed by atoms with Crippen molar-refractivity contribution in [3.05, 3.63) is 71.5 Å². The van der Waals surface area contributed by atoms with E-state index >= 15 is 0 Å². The molecule has 28 heavy (non-hydrogen) atoms. The zero-order chi connectivity index (χ0) is 19.5. The number of rotatable bonds is 4. The molecule has 2 heterocycles. The smallest absolute Gasteiger partial charge is 0.225 e. The molecule has 1 saturated heterocycles. The van der Waals surface area contributed by atoms with E-state index in [0.29, 0.717) is 11.5 Å². The van der Waals surface area contributed by atoms with Crippen LogP contribution in [-0.4, -0.2) is 33.3 Å². The molecule has 2 aromatic carbocycles. The number of aliphatic hydroxyl groups is 1. The van der Waals surface area contributed by atoms with E-state index < -0.39 is 6.10 Å². The summed E-state index contributed by atoms with van der Waals surface area (Å²) in [6, 6.07) is 15.1. The Morgan fingerprint density at radius 2 is 1.64 bits per heavy atom. The Morgan fingerprint density at radius 1 is 0.964 bits per heavy atom. The third-order valence-electron chi connectivity index (χ3n) is 5.37. The van der Waals surface area contributed by atoms with Crippen molar-refractivity contribution in [2.24, 2.45) is 5.92 Å². The van der Waals surface area contributed by atoms with Gasteiger partial charge in [-0.25, -0.2) is 9.97 Å². The van der Waals surface area contributed by atoms with Crippen LogP contribution in [0.25, 0.3) is 11.1 Å². The summed E-state index contributed by atoms with van der Waals surface area (Å²) >= 11 is 6.43. The van der Waals surface area contributed by atoms with Gasteiger partial charge in [0.15, 0.2) is 0 Å². The zero-order valence-corrected chi connectivity index (χ0v) is 16.1. The highest BCUT2D eigenvalue weighted by Crippen LogP contribution is 2.42. The van der Waals surface area contributed by atoms with Crippen LogP contribution in [0.5, 0.6) is 5.75 Å². The Balaban J connectivity index is 1.50. The highest BCUT2D eigenvalue weighted by Gasteiger charge is 2.29. The van der Waals surface area contributed by atoms with Gasteiger partial charge in [-0.1, -0.05) is 54.1 Å². The number of halogens is 1. The van der Waals surface area contributed by atoms with Gasteiger partial charge in [-0.3, -0.25) is 0 Å². The first kappa shape index (κ1) is 18.7. The normalized spacial score (nSPS) is 16.1. The van der Waals surface area contributed by atoms with Crippen LogP contribution >= 0.6 is 11.6 Å². The number of phenolic OH excluding ortho intramolecular Hbond substituents is 1. The molecule has 1 atom stereocenters. The first-order valence-corrected chi connectivity index (χ1v) is 9.79. The summed E-state index contributed by atoms with van der Waals surface area (Å²) in [6.07, 6.45) is 4.28. The molecule has 1 aliphatic heterocycles. The van der Waals surface area contributed by atoms with Crippen LogP contribution < -0.4 is 4.90 Å². The largest absolute Gasteiger partial charge is 0.506 e. The maximum atomic E-state index is 10.9. The first-order chi connectivity index (χ1) is 13.6. The fraction of sp³-hybridized carbons (Fsp3) is 0.273. The quantitative estimate of drug-likeness (QED) is 0.682. The number of aliphatic hydroxyl groups excluding tert-OH is 1. The SMILES string of the molecule is Oc1c(C(O)C2CCN(c3ncccn3)CC2)ccc(-c2ccccc2)c1Cl. The number of aromatic nitrogens is 2. The molecule has 3 aromatic rings. The summed E-state index contributed by atoms with van der Waals surface area (Å²) in [5.41, 5.74) is 2.17. The molecule has 6 heteroatoms. The van der Waals surface area contributed by atoms with E-state index in [0.717, 1.165) is 37.1 Å². The molecule has 0 bridgehead atoms. The van der Waals surface area contributed by atoms with E-state index in [9.17, 15) is 10.2 Å². The number of hydrogen-bond acceptors (Lipinski definition) is 5. The van der Waals surface area contributed by atoms with Gasteiger partial charge in [-0.2, -0.15) is 0 Å². The third kappa shape index (κ3) is 3.68. The van der Waals surface area contributed by atoms with Gasteiger partial charge in [0, 0.05) is 36.6 Å². The molecule has 1 unspecified atom stereocenters. The highest BCUT2D eigenvalue weighted by atomic mass is 35.5. The van der Waals surface area contributed by atoms with Gasteiger partial charge in [0.25, 0.3) is 0 Å². The Kier molecular flexibility index (Phi) is 5.46. The lowest BCUT2D eigenvalue weighted by Gasteiger charge is -2.34. The summed E-state index contributed by atoms with van der Waals surface area (Å²) in [5.74, 6) is 0.724. The van der Waals surface area contributed by atoms with Crippen molar-refractivity contribution in [3.63, 3.8) is 0 Å². The molecule has 0 amide bonds. The number of aromatic hydroxyl groups is 1. The summed E-state index contributed by atoms with van der Waals surface area (Å²) in [4.78, 5) is 10.7. The molecule has 1 aliphatic rings. The summed E-state index contributed by atoms with van der Waals surface area (Å²) in [6.45, 7) is 1.53.